The maximum absolute atomic E-state index is 5.24. The Kier molecular flexibility index (Phi) is 5.62. The quantitative estimate of drug-likeness (QED) is 0.748. The van der Waals surface area contributed by atoms with Crippen LogP contribution in [0.15, 0.2) is 29.6 Å². The van der Waals surface area contributed by atoms with Gasteiger partial charge >= 0.3 is 0 Å². The van der Waals surface area contributed by atoms with Crippen LogP contribution in [0.3, 0.4) is 0 Å². The molecule has 0 aliphatic heterocycles. The second-order valence-corrected chi connectivity index (χ2v) is 5.32. The number of aromatic nitrogens is 3. The molecule has 104 valence electrons. The molecular formula is C13H20N4OS. The lowest BCUT2D eigenvalue weighted by Gasteiger charge is -2.16. The van der Waals surface area contributed by atoms with Gasteiger partial charge in [-0.2, -0.15) is 0 Å². The number of fused-ring (bicyclic) bond motifs is 1. The average Bonchev–Trinajstić information content (AvgIpc) is 2.85. The van der Waals surface area contributed by atoms with E-state index in [1.54, 1.807) is 18.9 Å². The number of methoxy groups -OCH3 is 1. The number of nitrogens with zero attached hydrogens (tertiary/aromatic N) is 3. The van der Waals surface area contributed by atoms with E-state index in [0.29, 0.717) is 12.6 Å². The summed E-state index contributed by atoms with van der Waals surface area (Å²) in [6.45, 7) is 3.88. The lowest BCUT2D eigenvalue weighted by atomic mass is 10.3. The van der Waals surface area contributed by atoms with Gasteiger partial charge in [-0.1, -0.05) is 24.8 Å². The summed E-state index contributed by atoms with van der Waals surface area (Å²) in [6, 6.07) is 6.25. The molecule has 2 aromatic rings. The molecule has 19 heavy (non-hydrogen) atoms. The van der Waals surface area contributed by atoms with E-state index in [2.05, 4.69) is 22.4 Å². The summed E-state index contributed by atoms with van der Waals surface area (Å²) >= 11 is 1.70. The Labute approximate surface area is 117 Å². The third-order valence-corrected chi connectivity index (χ3v) is 3.85. The van der Waals surface area contributed by atoms with E-state index in [0.717, 1.165) is 29.5 Å². The zero-order valence-electron chi connectivity index (χ0n) is 11.4. The van der Waals surface area contributed by atoms with Crippen molar-refractivity contribution in [3.05, 3.63) is 24.4 Å². The highest BCUT2D eigenvalue weighted by Crippen LogP contribution is 2.17. The van der Waals surface area contributed by atoms with Gasteiger partial charge in [-0.05, 0) is 25.1 Å². The zero-order valence-corrected chi connectivity index (χ0v) is 12.2. The normalized spacial score (nSPS) is 12.9. The van der Waals surface area contributed by atoms with Crippen LogP contribution in [0.4, 0.5) is 0 Å². The van der Waals surface area contributed by atoms with Crippen LogP contribution in [0.1, 0.15) is 13.3 Å². The maximum atomic E-state index is 5.24. The van der Waals surface area contributed by atoms with Crippen molar-refractivity contribution in [3.63, 3.8) is 0 Å². The summed E-state index contributed by atoms with van der Waals surface area (Å²) in [6.07, 6.45) is 3.11. The fourth-order valence-corrected chi connectivity index (χ4v) is 2.77. The minimum Gasteiger partial charge on any atom is -0.383 e. The number of thioether (sulfide) groups is 1. The van der Waals surface area contributed by atoms with Crippen molar-refractivity contribution in [3.8, 4) is 0 Å². The number of rotatable bonds is 8. The van der Waals surface area contributed by atoms with Gasteiger partial charge in [0.2, 0.25) is 0 Å². The van der Waals surface area contributed by atoms with Crippen molar-refractivity contribution in [2.24, 2.45) is 0 Å². The Morgan fingerprint density at radius 3 is 3.11 bits per heavy atom. The molecule has 2 aromatic heterocycles. The first kappa shape index (κ1) is 14.3. The van der Waals surface area contributed by atoms with Crippen LogP contribution >= 0.6 is 11.8 Å². The van der Waals surface area contributed by atoms with E-state index in [4.69, 9.17) is 4.74 Å². The molecule has 0 aromatic carbocycles. The van der Waals surface area contributed by atoms with Crippen LogP contribution in [0, 0.1) is 0 Å². The Morgan fingerprint density at radius 2 is 2.32 bits per heavy atom. The van der Waals surface area contributed by atoms with Crippen molar-refractivity contribution in [2.75, 3.05) is 26.0 Å². The highest BCUT2D eigenvalue weighted by atomic mass is 32.2. The third-order valence-electron chi connectivity index (χ3n) is 2.75. The molecule has 2 rings (SSSR count). The van der Waals surface area contributed by atoms with Gasteiger partial charge in [-0.3, -0.25) is 4.40 Å². The molecule has 5 nitrogen and oxygen atoms in total. The highest BCUT2D eigenvalue weighted by molar-refractivity contribution is 7.99. The first-order chi connectivity index (χ1) is 9.35. The van der Waals surface area contributed by atoms with E-state index in [-0.39, 0.29) is 0 Å². The summed E-state index contributed by atoms with van der Waals surface area (Å²) in [5, 5.41) is 12.8. The first-order valence-corrected chi connectivity index (χ1v) is 7.48. The van der Waals surface area contributed by atoms with Gasteiger partial charge in [0.25, 0.3) is 0 Å². The summed E-state index contributed by atoms with van der Waals surface area (Å²) in [5.74, 6) is 0.920. The number of ether oxygens (including phenoxy) is 1. The Balaban J connectivity index is 1.96. The number of hydrogen-bond donors (Lipinski definition) is 1. The largest absolute Gasteiger partial charge is 0.383 e. The molecule has 0 fully saturated rings. The van der Waals surface area contributed by atoms with Gasteiger partial charge < -0.3 is 10.1 Å². The van der Waals surface area contributed by atoms with E-state index in [9.17, 15) is 0 Å². The van der Waals surface area contributed by atoms with Crippen molar-refractivity contribution >= 4 is 17.4 Å². The molecule has 1 unspecified atom stereocenters. The fourth-order valence-electron chi connectivity index (χ4n) is 1.81. The minimum atomic E-state index is 0.339. The predicted octanol–water partition coefficient (Wildman–Crippen LogP) is 1.84. The Morgan fingerprint density at radius 1 is 1.42 bits per heavy atom. The molecule has 0 bridgehead atoms. The lowest BCUT2D eigenvalue weighted by Crippen LogP contribution is -2.35. The van der Waals surface area contributed by atoms with E-state index in [1.807, 2.05) is 28.8 Å². The van der Waals surface area contributed by atoms with Gasteiger partial charge in [0.15, 0.2) is 10.8 Å². The summed E-state index contributed by atoms with van der Waals surface area (Å²) in [5.41, 5.74) is 0.884. The minimum absolute atomic E-state index is 0.339. The monoisotopic (exact) mass is 280 g/mol. The first-order valence-electron chi connectivity index (χ1n) is 6.50. The summed E-state index contributed by atoms with van der Waals surface area (Å²) in [7, 11) is 1.73. The molecule has 0 aliphatic carbocycles. The smallest absolute Gasteiger partial charge is 0.195 e. The van der Waals surface area contributed by atoms with E-state index >= 15 is 0 Å². The van der Waals surface area contributed by atoms with Crippen LogP contribution in [0.25, 0.3) is 5.65 Å². The van der Waals surface area contributed by atoms with Crippen molar-refractivity contribution in [2.45, 2.75) is 24.5 Å². The van der Waals surface area contributed by atoms with Gasteiger partial charge in [0.05, 0.1) is 6.61 Å². The van der Waals surface area contributed by atoms with Gasteiger partial charge in [-0.15, -0.1) is 10.2 Å². The fraction of sp³-hybridized carbons (Fsp3) is 0.538. The predicted molar refractivity (Wildman–Crippen MR) is 77.7 cm³/mol. The molecule has 1 N–H and O–H groups in total. The molecule has 1 atom stereocenters. The van der Waals surface area contributed by atoms with Crippen LogP contribution in [0.5, 0.6) is 0 Å². The standard InChI is InChI=1S/C13H20N4OS/c1-3-7-14-11(9-18-2)10-19-13-16-15-12-6-4-5-8-17(12)13/h4-6,8,11,14H,3,7,9-10H2,1-2H3. The molecule has 0 aliphatic rings. The van der Waals surface area contributed by atoms with Crippen molar-refractivity contribution in [1.82, 2.24) is 19.9 Å². The average molecular weight is 280 g/mol. The lowest BCUT2D eigenvalue weighted by molar-refractivity contribution is 0.174. The SMILES string of the molecule is CCCNC(COC)CSc1nnc2ccccn12. The number of hydrogen-bond acceptors (Lipinski definition) is 5. The molecule has 0 saturated carbocycles. The van der Waals surface area contributed by atoms with Gasteiger partial charge in [-0.25, -0.2) is 0 Å². The molecule has 0 radical (unpaired) electrons. The van der Waals surface area contributed by atoms with Crippen LogP contribution in [-0.4, -0.2) is 46.7 Å². The molecule has 0 spiro atoms. The van der Waals surface area contributed by atoms with Crippen LogP contribution in [0.2, 0.25) is 0 Å². The zero-order chi connectivity index (χ0) is 13.5. The summed E-state index contributed by atoms with van der Waals surface area (Å²) < 4.78 is 7.25. The molecule has 2 heterocycles. The molecule has 6 heteroatoms. The van der Waals surface area contributed by atoms with Gasteiger partial charge in [0.1, 0.15) is 0 Å². The topological polar surface area (TPSA) is 51.5 Å². The van der Waals surface area contributed by atoms with Crippen LogP contribution in [-0.2, 0) is 4.74 Å². The second-order valence-electron chi connectivity index (χ2n) is 4.33. The van der Waals surface area contributed by atoms with Gasteiger partial charge in [0, 0.05) is 25.1 Å². The number of pyridine rings is 1. The summed E-state index contributed by atoms with van der Waals surface area (Å²) in [4.78, 5) is 0. The Bertz CT molecular complexity index is 502. The third kappa shape index (κ3) is 3.92. The number of nitrogens with one attached hydrogen (secondary N) is 1. The maximum Gasteiger partial charge on any atom is 0.195 e. The van der Waals surface area contributed by atoms with E-state index in [1.165, 1.54) is 0 Å². The molecule has 0 saturated heterocycles. The van der Waals surface area contributed by atoms with E-state index < -0.39 is 0 Å². The second kappa shape index (κ2) is 7.47. The van der Waals surface area contributed by atoms with Crippen molar-refractivity contribution in [1.29, 1.82) is 0 Å². The highest BCUT2D eigenvalue weighted by Gasteiger charge is 2.11. The molecular weight excluding hydrogens is 260 g/mol. The van der Waals surface area contributed by atoms with Crippen LogP contribution < -0.4 is 5.32 Å². The van der Waals surface area contributed by atoms with Crippen molar-refractivity contribution < 1.29 is 4.74 Å². The molecule has 0 amide bonds. The Hall–Kier alpha value is -1.11.